The van der Waals surface area contributed by atoms with Gasteiger partial charge in [0.25, 0.3) is 0 Å². The molecule has 0 atom stereocenters. The predicted molar refractivity (Wildman–Crippen MR) is 105 cm³/mol. The van der Waals surface area contributed by atoms with E-state index in [1.165, 1.54) is 16.7 Å². The fraction of sp³-hybridized carbons (Fsp3) is 0.208. The van der Waals surface area contributed by atoms with Crippen molar-refractivity contribution in [2.45, 2.75) is 31.1 Å². The van der Waals surface area contributed by atoms with Gasteiger partial charge < -0.3 is 5.11 Å². The Bertz CT molecular complexity index is 714. The van der Waals surface area contributed by atoms with Crippen LogP contribution in [0.2, 0.25) is 0 Å². The van der Waals surface area contributed by atoms with Gasteiger partial charge in [-0.3, -0.25) is 4.79 Å². The van der Waals surface area contributed by atoms with Crippen molar-refractivity contribution < 1.29 is 9.90 Å². The van der Waals surface area contributed by atoms with E-state index in [2.05, 4.69) is 72.8 Å². The molecule has 0 fully saturated rings. The van der Waals surface area contributed by atoms with Crippen LogP contribution >= 0.6 is 0 Å². The summed E-state index contributed by atoms with van der Waals surface area (Å²) in [4.78, 5) is 10.9. The third-order valence-corrected chi connectivity index (χ3v) is 4.99. The Hall–Kier alpha value is -2.87. The quantitative estimate of drug-likeness (QED) is 0.422. The first-order chi connectivity index (χ1) is 12.7. The van der Waals surface area contributed by atoms with E-state index in [1.807, 2.05) is 18.2 Å². The van der Waals surface area contributed by atoms with Gasteiger partial charge in [0.05, 0.1) is 0 Å². The first-order valence-corrected chi connectivity index (χ1v) is 9.12. The molecule has 0 heterocycles. The molecule has 0 aliphatic rings. The highest BCUT2D eigenvalue weighted by Gasteiger charge is 2.35. The van der Waals surface area contributed by atoms with Gasteiger partial charge in [-0.25, -0.2) is 0 Å². The summed E-state index contributed by atoms with van der Waals surface area (Å²) in [6.45, 7) is 0. The Morgan fingerprint density at radius 3 is 1.38 bits per heavy atom. The van der Waals surface area contributed by atoms with Crippen LogP contribution in [0.5, 0.6) is 0 Å². The van der Waals surface area contributed by atoms with Crippen molar-refractivity contribution in [1.82, 2.24) is 0 Å². The zero-order valence-electron chi connectivity index (χ0n) is 14.8. The van der Waals surface area contributed by atoms with Crippen LogP contribution in [0, 0.1) is 0 Å². The van der Waals surface area contributed by atoms with Crippen LogP contribution in [0.3, 0.4) is 0 Å². The topological polar surface area (TPSA) is 37.3 Å². The monoisotopic (exact) mass is 344 g/mol. The molecule has 0 spiro atoms. The number of aliphatic carboxylic acids is 1. The Labute approximate surface area is 155 Å². The molecule has 0 radical (unpaired) electrons. The van der Waals surface area contributed by atoms with Crippen molar-refractivity contribution in [3.8, 4) is 0 Å². The van der Waals surface area contributed by atoms with Gasteiger partial charge in [-0.15, -0.1) is 0 Å². The predicted octanol–water partition coefficient (Wildman–Crippen LogP) is 5.67. The number of benzene rings is 3. The zero-order valence-corrected chi connectivity index (χ0v) is 14.8. The molecule has 0 saturated carbocycles. The minimum absolute atomic E-state index is 0.217. The summed E-state index contributed by atoms with van der Waals surface area (Å²) in [7, 11) is 0. The molecule has 0 bridgehead atoms. The number of unbranched alkanes of at least 4 members (excludes halogenated alkanes) is 1. The van der Waals surface area contributed by atoms with E-state index >= 15 is 0 Å². The second-order valence-corrected chi connectivity index (χ2v) is 6.60. The number of rotatable bonds is 8. The van der Waals surface area contributed by atoms with Gasteiger partial charge >= 0.3 is 5.97 Å². The maximum absolute atomic E-state index is 10.9. The van der Waals surface area contributed by atoms with Crippen LogP contribution < -0.4 is 0 Å². The summed E-state index contributed by atoms with van der Waals surface area (Å²) in [5, 5.41) is 8.99. The molecule has 3 aromatic rings. The lowest BCUT2D eigenvalue weighted by Crippen LogP contribution is -2.29. The highest BCUT2D eigenvalue weighted by molar-refractivity contribution is 5.66. The number of hydrogen-bond acceptors (Lipinski definition) is 1. The molecular formula is C24H24O2. The molecule has 0 saturated heterocycles. The van der Waals surface area contributed by atoms with Gasteiger partial charge in [-0.1, -0.05) is 97.4 Å². The smallest absolute Gasteiger partial charge is 0.303 e. The zero-order chi connectivity index (χ0) is 18.2. The molecule has 0 aliphatic carbocycles. The average Bonchev–Trinajstić information content (AvgIpc) is 2.70. The van der Waals surface area contributed by atoms with E-state index in [0.717, 1.165) is 12.8 Å². The van der Waals surface area contributed by atoms with Crippen molar-refractivity contribution in [3.05, 3.63) is 108 Å². The van der Waals surface area contributed by atoms with Crippen LogP contribution in [0.4, 0.5) is 0 Å². The van der Waals surface area contributed by atoms with Gasteiger partial charge in [0.2, 0.25) is 0 Å². The summed E-state index contributed by atoms with van der Waals surface area (Å²) >= 11 is 0. The number of carbonyl (C=O) groups is 1. The standard InChI is InChI=1S/C24H24O2/c25-23(26)18-10-11-19-24(20-12-4-1-5-13-20,21-14-6-2-7-15-21)22-16-8-3-9-17-22/h1-9,12-17H,10-11,18-19H2,(H,25,26). The molecule has 1 N–H and O–H groups in total. The highest BCUT2D eigenvalue weighted by atomic mass is 16.4. The summed E-state index contributed by atoms with van der Waals surface area (Å²) in [5.74, 6) is -0.727. The lowest BCUT2D eigenvalue weighted by Gasteiger charge is -2.36. The van der Waals surface area contributed by atoms with Crippen LogP contribution in [0.15, 0.2) is 91.0 Å². The summed E-state index contributed by atoms with van der Waals surface area (Å²) in [6.07, 6.45) is 2.63. The second-order valence-electron chi connectivity index (χ2n) is 6.60. The van der Waals surface area contributed by atoms with E-state index in [-0.39, 0.29) is 11.8 Å². The first kappa shape index (κ1) is 17.9. The molecule has 3 rings (SSSR count). The van der Waals surface area contributed by atoms with Crippen LogP contribution in [0.25, 0.3) is 0 Å². The van der Waals surface area contributed by atoms with E-state index in [9.17, 15) is 4.79 Å². The minimum atomic E-state index is -0.727. The molecule has 0 unspecified atom stereocenters. The Kier molecular flexibility index (Phi) is 5.85. The minimum Gasteiger partial charge on any atom is -0.481 e. The van der Waals surface area contributed by atoms with Crippen LogP contribution in [-0.4, -0.2) is 11.1 Å². The first-order valence-electron chi connectivity index (χ1n) is 9.12. The lowest BCUT2D eigenvalue weighted by atomic mass is 9.66. The molecule has 0 amide bonds. The normalized spacial score (nSPS) is 11.2. The van der Waals surface area contributed by atoms with Gasteiger partial charge in [0.15, 0.2) is 0 Å². The third kappa shape index (κ3) is 3.85. The summed E-state index contributed by atoms with van der Waals surface area (Å²) < 4.78 is 0. The van der Waals surface area contributed by atoms with E-state index in [0.29, 0.717) is 6.42 Å². The SMILES string of the molecule is O=C(O)CCCCC(c1ccccc1)(c1ccccc1)c1ccccc1. The van der Waals surface area contributed by atoms with E-state index in [1.54, 1.807) is 0 Å². The molecule has 132 valence electrons. The van der Waals surface area contributed by atoms with Crippen molar-refractivity contribution in [2.24, 2.45) is 0 Å². The summed E-state index contributed by atoms with van der Waals surface area (Å²) in [6, 6.07) is 31.6. The third-order valence-electron chi connectivity index (χ3n) is 4.99. The fourth-order valence-electron chi connectivity index (χ4n) is 3.77. The molecule has 2 nitrogen and oxygen atoms in total. The van der Waals surface area contributed by atoms with Crippen molar-refractivity contribution in [3.63, 3.8) is 0 Å². The van der Waals surface area contributed by atoms with E-state index in [4.69, 9.17) is 5.11 Å². The Morgan fingerprint density at radius 1 is 0.654 bits per heavy atom. The van der Waals surface area contributed by atoms with Crippen molar-refractivity contribution >= 4 is 5.97 Å². The molecular weight excluding hydrogens is 320 g/mol. The van der Waals surface area contributed by atoms with Gasteiger partial charge in [-0.05, 0) is 29.5 Å². The second kappa shape index (κ2) is 8.48. The number of carboxylic acid groups (broad SMARTS) is 1. The van der Waals surface area contributed by atoms with Crippen LogP contribution in [0.1, 0.15) is 42.4 Å². The fourth-order valence-corrected chi connectivity index (χ4v) is 3.77. The Morgan fingerprint density at radius 2 is 1.04 bits per heavy atom. The maximum Gasteiger partial charge on any atom is 0.303 e. The van der Waals surface area contributed by atoms with Gasteiger partial charge in [-0.2, -0.15) is 0 Å². The average molecular weight is 344 g/mol. The molecule has 26 heavy (non-hydrogen) atoms. The molecule has 0 aliphatic heterocycles. The highest BCUT2D eigenvalue weighted by Crippen LogP contribution is 2.43. The van der Waals surface area contributed by atoms with Crippen LogP contribution in [-0.2, 0) is 10.2 Å². The molecule has 3 aromatic carbocycles. The van der Waals surface area contributed by atoms with E-state index < -0.39 is 5.97 Å². The largest absolute Gasteiger partial charge is 0.481 e. The maximum atomic E-state index is 10.9. The number of carboxylic acids is 1. The van der Waals surface area contributed by atoms with Gasteiger partial charge in [0.1, 0.15) is 0 Å². The van der Waals surface area contributed by atoms with Crippen molar-refractivity contribution in [2.75, 3.05) is 0 Å². The molecule has 0 aromatic heterocycles. The summed E-state index contributed by atoms with van der Waals surface area (Å²) in [5.41, 5.74) is 3.45. The Balaban J connectivity index is 2.10. The molecule has 2 heteroatoms. The van der Waals surface area contributed by atoms with Gasteiger partial charge in [0, 0.05) is 11.8 Å². The number of hydrogen-bond donors (Lipinski definition) is 1. The lowest BCUT2D eigenvalue weighted by molar-refractivity contribution is -0.137. The van der Waals surface area contributed by atoms with Crippen molar-refractivity contribution in [1.29, 1.82) is 0 Å².